The zero-order chi connectivity index (χ0) is 26.0. The number of amides is 2. The molecule has 0 aliphatic carbocycles. The summed E-state index contributed by atoms with van der Waals surface area (Å²) in [4.78, 5) is 44.9. The number of carbonyl (C=O) groups is 3. The number of rotatable bonds is 11. The van der Waals surface area contributed by atoms with Crippen LogP contribution in [0.15, 0.2) is 55.6 Å². The first kappa shape index (κ1) is 26.5. The van der Waals surface area contributed by atoms with Gasteiger partial charge in [0.25, 0.3) is 0 Å². The predicted molar refractivity (Wildman–Crippen MR) is 140 cm³/mol. The number of benzene rings is 1. The Hall–Kier alpha value is -2.58. The third kappa shape index (κ3) is 4.39. The maximum absolute atomic E-state index is 14.4. The van der Waals surface area contributed by atoms with E-state index in [1.165, 1.54) is 6.08 Å². The number of fused-ring (bicyclic) bond motifs is 1. The predicted octanol–water partition coefficient (Wildman–Crippen LogP) is 3.04. The average Bonchev–Trinajstić information content (AvgIpc) is 3.51. The van der Waals surface area contributed by atoms with Crippen molar-refractivity contribution in [3.8, 4) is 0 Å². The van der Waals surface area contributed by atoms with Gasteiger partial charge in [-0.2, -0.15) is 0 Å². The zero-order valence-electron chi connectivity index (χ0n) is 21.0. The Balaban J connectivity index is 1.76. The summed E-state index contributed by atoms with van der Waals surface area (Å²) >= 11 is 1.60. The fraction of sp³-hybridized carbons (Fsp3) is 0.536. The standard InChI is InChI=1S/C28H36N2O5S/c1-5-14-29(16-19-10-8-7-9-11-19)26(33)24-28-13-12-21(36-28)22(27(34)35-15-6-2)23(28)25(32)30(24)20(17-31)18(3)4/h5-11,18,20-24,31H,1-2,12-17H2,3-4H3/t20-,21-,22+,23-,24?,28?/m0/s1. The molecule has 1 N–H and O–H groups in total. The number of hydrogen-bond acceptors (Lipinski definition) is 6. The molecule has 3 fully saturated rings. The molecular weight excluding hydrogens is 476 g/mol. The second kappa shape index (κ2) is 10.8. The van der Waals surface area contributed by atoms with Crippen molar-refractivity contribution in [1.29, 1.82) is 0 Å². The number of hydrogen-bond donors (Lipinski definition) is 1. The van der Waals surface area contributed by atoms with Crippen LogP contribution in [0.4, 0.5) is 0 Å². The van der Waals surface area contributed by atoms with Gasteiger partial charge in [-0.25, -0.2) is 0 Å². The highest BCUT2D eigenvalue weighted by Gasteiger charge is 2.74. The fourth-order valence-electron chi connectivity index (χ4n) is 6.22. The van der Waals surface area contributed by atoms with Crippen molar-refractivity contribution in [2.75, 3.05) is 19.8 Å². The monoisotopic (exact) mass is 512 g/mol. The third-order valence-electron chi connectivity index (χ3n) is 7.78. The van der Waals surface area contributed by atoms with Gasteiger partial charge in [0.1, 0.15) is 12.6 Å². The topological polar surface area (TPSA) is 87.2 Å². The molecule has 6 atom stereocenters. The molecule has 0 saturated carbocycles. The minimum Gasteiger partial charge on any atom is -0.461 e. The Morgan fingerprint density at radius 1 is 1.28 bits per heavy atom. The zero-order valence-corrected chi connectivity index (χ0v) is 21.9. The third-order valence-corrected chi connectivity index (χ3v) is 9.73. The summed E-state index contributed by atoms with van der Waals surface area (Å²) in [5, 5.41) is 10.3. The van der Waals surface area contributed by atoms with E-state index in [4.69, 9.17) is 4.74 Å². The summed E-state index contributed by atoms with van der Waals surface area (Å²) in [6, 6.07) is 8.42. The highest BCUT2D eigenvalue weighted by molar-refractivity contribution is 8.02. The smallest absolute Gasteiger partial charge is 0.311 e. The van der Waals surface area contributed by atoms with E-state index in [1.54, 1.807) is 27.6 Å². The van der Waals surface area contributed by atoms with Crippen molar-refractivity contribution in [3.63, 3.8) is 0 Å². The summed E-state index contributed by atoms with van der Waals surface area (Å²) in [7, 11) is 0. The molecule has 2 amide bonds. The van der Waals surface area contributed by atoms with Crippen molar-refractivity contribution in [1.82, 2.24) is 9.80 Å². The number of aliphatic hydroxyl groups is 1. The largest absolute Gasteiger partial charge is 0.461 e. The second-order valence-electron chi connectivity index (χ2n) is 10.2. The molecule has 194 valence electrons. The van der Waals surface area contributed by atoms with E-state index < -0.39 is 34.6 Å². The van der Waals surface area contributed by atoms with E-state index in [2.05, 4.69) is 13.2 Å². The van der Waals surface area contributed by atoms with Gasteiger partial charge in [0, 0.05) is 18.3 Å². The average molecular weight is 513 g/mol. The molecular formula is C28H36N2O5S. The molecule has 1 aromatic carbocycles. The number of nitrogens with zero attached hydrogens (tertiary/aromatic N) is 2. The van der Waals surface area contributed by atoms with Crippen LogP contribution in [0.25, 0.3) is 0 Å². The summed E-state index contributed by atoms with van der Waals surface area (Å²) in [6.45, 7) is 11.9. The molecule has 1 aromatic rings. The Labute approximate surface area is 217 Å². The molecule has 1 spiro atoms. The molecule has 36 heavy (non-hydrogen) atoms. The van der Waals surface area contributed by atoms with Gasteiger partial charge in [-0.3, -0.25) is 14.4 Å². The number of ether oxygens (including phenoxy) is 1. The van der Waals surface area contributed by atoms with Gasteiger partial charge in [-0.15, -0.1) is 18.3 Å². The Bertz CT molecular complexity index is 1010. The van der Waals surface area contributed by atoms with Crippen LogP contribution >= 0.6 is 11.8 Å². The van der Waals surface area contributed by atoms with Crippen molar-refractivity contribution >= 4 is 29.5 Å². The summed E-state index contributed by atoms with van der Waals surface area (Å²) < 4.78 is 4.69. The van der Waals surface area contributed by atoms with Crippen molar-refractivity contribution in [2.24, 2.45) is 17.8 Å². The molecule has 4 rings (SSSR count). The van der Waals surface area contributed by atoms with Crippen LogP contribution < -0.4 is 0 Å². The van der Waals surface area contributed by atoms with E-state index in [0.717, 1.165) is 12.0 Å². The van der Waals surface area contributed by atoms with Crippen molar-refractivity contribution < 1.29 is 24.2 Å². The normalized spacial score (nSPS) is 29.2. The van der Waals surface area contributed by atoms with Crippen LogP contribution in [-0.2, 0) is 25.7 Å². The van der Waals surface area contributed by atoms with Gasteiger partial charge in [0.15, 0.2) is 0 Å². The molecule has 2 bridgehead atoms. The number of aliphatic hydroxyl groups excluding tert-OH is 1. The number of likely N-dealkylation sites (tertiary alicyclic amines) is 1. The first-order chi connectivity index (χ1) is 17.3. The molecule has 3 heterocycles. The van der Waals surface area contributed by atoms with Crippen LogP contribution in [0.5, 0.6) is 0 Å². The fourth-order valence-corrected chi connectivity index (χ4v) is 8.41. The lowest BCUT2D eigenvalue weighted by atomic mass is 9.71. The highest BCUT2D eigenvalue weighted by atomic mass is 32.2. The van der Waals surface area contributed by atoms with E-state index in [-0.39, 0.29) is 36.2 Å². The maximum atomic E-state index is 14.4. The first-order valence-corrected chi connectivity index (χ1v) is 13.5. The SMILES string of the molecule is C=CCOC(=O)[C@@H]1[C@@H]2CCC3(S2)C(C(=O)N(CC=C)Cc2ccccc2)N([C@@H](CO)C(C)C)C(=O)[C@H]13. The molecule has 0 radical (unpaired) electrons. The summed E-state index contributed by atoms with van der Waals surface area (Å²) in [6.07, 6.45) is 4.62. The number of esters is 1. The minimum atomic E-state index is -0.773. The lowest BCUT2D eigenvalue weighted by molar-refractivity contribution is -0.153. The maximum Gasteiger partial charge on any atom is 0.311 e. The van der Waals surface area contributed by atoms with Gasteiger partial charge in [0.05, 0.1) is 29.2 Å². The summed E-state index contributed by atoms with van der Waals surface area (Å²) in [5.74, 6) is -2.12. The quantitative estimate of drug-likeness (QED) is 0.362. The molecule has 3 aliphatic rings. The lowest BCUT2D eigenvalue weighted by Gasteiger charge is -2.40. The molecule has 3 saturated heterocycles. The summed E-state index contributed by atoms with van der Waals surface area (Å²) in [5.41, 5.74) is 0.981. The van der Waals surface area contributed by atoms with Gasteiger partial charge in [-0.1, -0.05) is 62.9 Å². The van der Waals surface area contributed by atoms with Crippen molar-refractivity contribution in [3.05, 3.63) is 61.2 Å². The van der Waals surface area contributed by atoms with Crippen LogP contribution in [0.3, 0.4) is 0 Å². The van der Waals surface area contributed by atoms with Gasteiger partial charge in [-0.05, 0) is 24.3 Å². The van der Waals surface area contributed by atoms with Crippen molar-refractivity contribution in [2.45, 2.75) is 55.3 Å². The second-order valence-corrected chi connectivity index (χ2v) is 11.8. The van der Waals surface area contributed by atoms with Crippen LogP contribution in [0.2, 0.25) is 0 Å². The van der Waals surface area contributed by atoms with Crippen LogP contribution in [-0.4, -0.2) is 74.5 Å². The van der Waals surface area contributed by atoms with E-state index in [0.29, 0.717) is 19.5 Å². The Morgan fingerprint density at radius 3 is 2.61 bits per heavy atom. The van der Waals surface area contributed by atoms with E-state index in [1.807, 2.05) is 44.2 Å². The van der Waals surface area contributed by atoms with Gasteiger partial charge >= 0.3 is 5.97 Å². The van der Waals surface area contributed by atoms with E-state index in [9.17, 15) is 19.5 Å². The molecule has 0 aromatic heterocycles. The molecule has 3 aliphatic heterocycles. The Kier molecular flexibility index (Phi) is 7.95. The highest BCUT2D eigenvalue weighted by Crippen LogP contribution is 2.67. The van der Waals surface area contributed by atoms with Gasteiger partial charge < -0.3 is 19.6 Å². The molecule has 8 heteroatoms. The molecule has 2 unspecified atom stereocenters. The molecule has 7 nitrogen and oxygen atoms in total. The number of carbonyl (C=O) groups excluding carboxylic acids is 3. The number of thioether (sulfide) groups is 1. The lowest BCUT2D eigenvalue weighted by Crippen LogP contribution is -2.58. The first-order valence-electron chi connectivity index (χ1n) is 12.6. The van der Waals surface area contributed by atoms with E-state index >= 15 is 0 Å². The Morgan fingerprint density at radius 2 is 2.00 bits per heavy atom. The van der Waals surface area contributed by atoms with Gasteiger partial charge in [0.2, 0.25) is 11.8 Å². The minimum absolute atomic E-state index is 0.0673. The van der Waals surface area contributed by atoms with Crippen LogP contribution in [0, 0.1) is 17.8 Å². The van der Waals surface area contributed by atoms with Crippen LogP contribution in [0.1, 0.15) is 32.3 Å².